The van der Waals surface area contributed by atoms with Crippen molar-refractivity contribution in [2.24, 2.45) is 0 Å². The number of nitrogens with one attached hydrogen (secondary N) is 1. The number of benzene rings is 2. The zero-order chi connectivity index (χ0) is 20.5. The summed E-state index contributed by atoms with van der Waals surface area (Å²) in [5.41, 5.74) is 1.50. The Hall–Kier alpha value is -2.53. The summed E-state index contributed by atoms with van der Waals surface area (Å²) in [6, 6.07) is 14.9. The standard InChI is InChI=1S/C23H27ClN2O3/c24-19-10-11-21-20(17-19)23(28)25-12-4-5-13-26(14-6-7-15-29-21)22(27)16-18-8-2-1-3-9-18/h1-3,8-11,17H,4-7,12-16H2,(H,25,28). The van der Waals surface area contributed by atoms with Crippen LogP contribution >= 0.6 is 11.6 Å². The largest absolute Gasteiger partial charge is 0.493 e. The molecule has 2 amide bonds. The first-order valence-electron chi connectivity index (χ1n) is 10.2. The Balaban J connectivity index is 1.62. The Morgan fingerprint density at radius 3 is 2.59 bits per heavy atom. The van der Waals surface area contributed by atoms with Gasteiger partial charge in [-0.05, 0) is 49.4 Å². The van der Waals surface area contributed by atoms with Crippen LogP contribution in [0, 0.1) is 0 Å². The van der Waals surface area contributed by atoms with Crippen molar-refractivity contribution in [1.29, 1.82) is 0 Å². The summed E-state index contributed by atoms with van der Waals surface area (Å²) in [5.74, 6) is 0.505. The second-order valence-electron chi connectivity index (χ2n) is 7.20. The zero-order valence-corrected chi connectivity index (χ0v) is 17.3. The van der Waals surface area contributed by atoms with Gasteiger partial charge in [-0.25, -0.2) is 0 Å². The van der Waals surface area contributed by atoms with Crippen molar-refractivity contribution in [1.82, 2.24) is 10.2 Å². The third-order valence-corrected chi connectivity index (χ3v) is 5.19. The summed E-state index contributed by atoms with van der Waals surface area (Å²) in [6.45, 7) is 2.45. The van der Waals surface area contributed by atoms with E-state index >= 15 is 0 Å². The van der Waals surface area contributed by atoms with Gasteiger partial charge in [0.05, 0.1) is 18.6 Å². The van der Waals surface area contributed by atoms with Gasteiger partial charge in [-0.15, -0.1) is 0 Å². The summed E-state index contributed by atoms with van der Waals surface area (Å²) in [4.78, 5) is 27.2. The Morgan fingerprint density at radius 1 is 1.03 bits per heavy atom. The van der Waals surface area contributed by atoms with Gasteiger partial charge in [0, 0.05) is 24.7 Å². The highest BCUT2D eigenvalue weighted by Gasteiger charge is 2.16. The van der Waals surface area contributed by atoms with Crippen molar-refractivity contribution in [3.63, 3.8) is 0 Å². The van der Waals surface area contributed by atoms with E-state index in [9.17, 15) is 9.59 Å². The lowest BCUT2D eigenvalue weighted by Gasteiger charge is -2.23. The molecular formula is C23H27ClN2O3. The summed E-state index contributed by atoms with van der Waals surface area (Å²) in [7, 11) is 0. The first-order valence-corrected chi connectivity index (χ1v) is 10.5. The maximum Gasteiger partial charge on any atom is 0.255 e. The van der Waals surface area contributed by atoms with E-state index < -0.39 is 0 Å². The molecule has 2 aromatic carbocycles. The van der Waals surface area contributed by atoms with E-state index in [1.807, 2.05) is 35.2 Å². The summed E-state index contributed by atoms with van der Waals surface area (Å²) < 4.78 is 5.83. The molecule has 29 heavy (non-hydrogen) atoms. The second kappa shape index (κ2) is 10.9. The number of hydrogen-bond donors (Lipinski definition) is 1. The number of fused-ring (bicyclic) bond motifs is 1. The molecule has 0 saturated heterocycles. The number of carbonyl (C=O) groups excluding carboxylic acids is 2. The van der Waals surface area contributed by atoms with E-state index in [0.29, 0.717) is 42.5 Å². The third kappa shape index (κ3) is 6.50. The highest BCUT2D eigenvalue weighted by molar-refractivity contribution is 6.31. The molecule has 0 unspecified atom stereocenters. The number of ether oxygens (including phenoxy) is 1. The van der Waals surface area contributed by atoms with Gasteiger partial charge in [0.2, 0.25) is 5.91 Å². The minimum atomic E-state index is -0.184. The fourth-order valence-electron chi connectivity index (χ4n) is 3.36. The smallest absolute Gasteiger partial charge is 0.255 e. The predicted molar refractivity (Wildman–Crippen MR) is 114 cm³/mol. The average Bonchev–Trinajstić information content (AvgIpc) is 2.72. The molecule has 1 aliphatic rings. The SMILES string of the molecule is O=C1NCCCCN(C(=O)Cc2ccccc2)CCCCOc2ccc(Cl)cc21. The minimum absolute atomic E-state index is 0.147. The first-order chi connectivity index (χ1) is 14.1. The van der Waals surface area contributed by atoms with Crippen LogP contribution in [-0.2, 0) is 11.2 Å². The fourth-order valence-corrected chi connectivity index (χ4v) is 3.53. The fraction of sp³-hybridized carbons (Fsp3) is 0.391. The minimum Gasteiger partial charge on any atom is -0.493 e. The molecule has 6 heteroatoms. The maximum atomic E-state index is 12.8. The van der Waals surface area contributed by atoms with E-state index in [-0.39, 0.29) is 11.8 Å². The van der Waals surface area contributed by atoms with Gasteiger partial charge in [-0.2, -0.15) is 0 Å². The van der Waals surface area contributed by atoms with Crippen molar-refractivity contribution in [2.45, 2.75) is 32.1 Å². The number of halogens is 1. The van der Waals surface area contributed by atoms with Gasteiger partial charge in [0.1, 0.15) is 5.75 Å². The van der Waals surface area contributed by atoms with Crippen LogP contribution in [0.2, 0.25) is 5.02 Å². The molecule has 0 aromatic heterocycles. The predicted octanol–water partition coefficient (Wildman–Crippen LogP) is 4.09. The van der Waals surface area contributed by atoms with Gasteiger partial charge in [0.25, 0.3) is 5.91 Å². The summed E-state index contributed by atoms with van der Waals surface area (Å²) in [5, 5.41) is 3.43. The van der Waals surface area contributed by atoms with Crippen LogP contribution in [0.25, 0.3) is 0 Å². The molecule has 2 aromatic rings. The van der Waals surface area contributed by atoms with Crippen molar-refractivity contribution >= 4 is 23.4 Å². The van der Waals surface area contributed by atoms with Crippen LogP contribution in [0.1, 0.15) is 41.6 Å². The molecule has 0 fully saturated rings. The molecule has 0 spiro atoms. The Bertz CT molecular complexity index is 826. The van der Waals surface area contributed by atoms with Crippen LogP contribution in [-0.4, -0.2) is 43.0 Å². The molecule has 154 valence electrons. The molecule has 1 N–H and O–H groups in total. The van der Waals surface area contributed by atoms with Crippen LogP contribution < -0.4 is 10.1 Å². The molecule has 1 aliphatic heterocycles. The highest BCUT2D eigenvalue weighted by Crippen LogP contribution is 2.23. The van der Waals surface area contributed by atoms with Crippen LogP contribution in [0.5, 0.6) is 5.75 Å². The molecule has 0 atom stereocenters. The lowest BCUT2D eigenvalue weighted by molar-refractivity contribution is -0.130. The van der Waals surface area contributed by atoms with Crippen molar-refractivity contribution in [3.8, 4) is 5.75 Å². The van der Waals surface area contributed by atoms with E-state index in [1.54, 1.807) is 18.2 Å². The zero-order valence-electron chi connectivity index (χ0n) is 16.5. The molecule has 3 rings (SSSR count). The highest BCUT2D eigenvalue weighted by atomic mass is 35.5. The normalized spacial score (nSPS) is 16.2. The lowest BCUT2D eigenvalue weighted by Crippen LogP contribution is -2.35. The Labute approximate surface area is 177 Å². The van der Waals surface area contributed by atoms with Crippen LogP contribution in [0.4, 0.5) is 0 Å². The molecular weight excluding hydrogens is 388 g/mol. The van der Waals surface area contributed by atoms with Crippen molar-refractivity contribution in [3.05, 3.63) is 64.7 Å². The number of amides is 2. The van der Waals surface area contributed by atoms with Crippen molar-refractivity contribution in [2.75, 3.05) is 26.2 Å². The molecule has 0 saturated carbocycles. The van der Waals surface area contributed by atoms with E-state index in [0.717, 1.165) is 37.8 Å². The third-order valence-electron chi connectivity index (χ3n) is 4.96. The van der Waals surface area contributed by atoms with E-state index in [2.05, 4.69) is 5.32 Å². The quantitative estimate of drug-likeness (QED) is 0.805. The molecule has 5 nitrogen and oxygen atoms in total. The van der Waals surface area contributed by atoms with E-state index in [1.165, 1.54) is 0 Å². The number of nitrogens with zero attached hydrogens (tertiary/aromatic N) is 1. The number of hydrogen-bond acceptors (Lipinski definition) is 3. The number of rotatable bonds is 2. The van der Waals surface area contributed by atoms with Gasteiger partial charge in [0.15, 0.2) is 0 Å². The molecule has 0 aliphatic carbocycles. The summed E-state index contributed by atoms with van der Waals surface area (Å²) in [6.07, 6.45) is 3.73. The summed E-state index contributed by atoms with van der Waals surface area (Å²) >= 11 is 6.05. The van der Waals surface area contributed by atoms with Gasteiger partial charge in [-0.1, -0.05) is 41.9 Å². The van der Waals surface area contributed by atoms with Gasteiger partial charge >= 0.3 is 0 Å². The van der Waals surface area contributed by atoms with Crippen LogP contribution in [0.3, 0.4) is 0 Å². The van der Waals surface area contributed by atoms with E-state index in [4.69, 9.17) is 16.3 Å². The lowest BCUT2D eigenvalue weighted by atomic mass is 10.1. The van der Waals surface area contributed by atoms with Crippen LogP contribution in [0.15, 0.2) is 48.5 Å². The molecule has 0 radical (unpaired) electrons. The topological polar surface area (TPSA) is 58.6 Å². The Kier molecular flexibility index (Phi) is 7.94. The maximum absolute atomic E-state index is 12.8. The van der Waals surface area contributed by atoms with Crippen molar-refractivity contribution < 1.29 is 14.3 Å². The number of carbonyl (C=O) groups is 2. The first kappa shape index (κ1) is 21.2. The average molecular weight is 415 g/mol. The second-order valence-corrected chi connectivity index (χ2v) is 7.64. The monoisotopic (exact) mass is 414 g/mol. The van der Waals surface area contributed by atoms with Gasteiger partial charge < -0.3 is 15.0 Å². The molecule has 1 heterocycles. The molecule has 0 bridgehead atoms. The van der Waals surface area contributed by atoms with Gasteiger partial charge in [-0.3, -0.25) is 9.59 Å². The Morgan fingerprint density at radius 2 is 1.79 bits per heavy atom.